The third-order valence-electron chi connectivity index (χ3n) is 2.51. The van der Waals surface area contributed by atoms with Crippen LogP contribution in [0.1, 0.15) is 18.4 Å². The van der Waals surface area contributed by atoms with E-state index in [4.69, 9.17) is 14.7 Å². The summed E-state index contributed by atoms with van der Waals surface area (Å²) in [6, 6.07) is 6.05. The Morgan fingerprint density at radius 1 is 1.56 bits per heavy atom. The molecule has 0 N–H and O–H groups in total. The van der Waals surface area contributed by atoms with Gasteiger partial charge < -0.3 is 9.47 Å². The minimum atomic E-state index is -0.503. The number of nitriles is 1. The van der Waals surface area contributed by atoms with Crippen molar-refractivity contribution in [3.8, 4) is 11.8 Å². The van der Waals surface area contributed by atoms with Crippen molar-refractivity contribution in [2.24, 2.45) is 0 Å². The van der Waals surface area contributed by atoms with E-state index in [1.54, 1.807) is 0 Å². The summed E-state index contributed by atoms with van der Waals surface area (Å²) in [5, 5.41) is 8.58. The van der Waals surface area contributed by atoms with E-state index in [1.165, 1.54) is 18.2 Å². The van der Waals surface area contributed by atoms with Gasteiger partial charge in [-0.25, -0.2) is 4.39 Å². The number of benzene rings is 1. The average Bonchev–Trinajstić information content (AvgIpc) is 2.80. The third-order valence-corrected chi connectivity index (χ3v) is 2.51. The van der Waals surface area contributed by atoms with E-state index in [2.05, 4.69) is 0 Å². The van der Waals surface area contributed by atoms with Gasteiger partial charge in [0.1, 0.15) is 6.61 Å². The Hall–Kier alpha value is -1.60. The Labute approximate surface area is 93.4 Å². The van der Waals surface area contributed by atoms with Crippen LogP contribution in [-0.4, -0.2) is 19.3 Å². The summed E-state index contributed by atoms with van der Waals surface area (Å²) in [6.45, 7) is 1.12. The van der Waals surface area contributed by atoms with Gasteiger partial charge in [0, 0.05) is 6.61 Å². The molecule has 4 heteroatoms. The van der Waals surface area contributed by atoms with Crippen molar-refractivity contribution in [2.45, 2.75) is 18.9 Å². The highest BCUT2D eigenvalue weighted by Crippen LogP contribution is 2.20. The van der Waals surface area contributed by atoms with Gasteiger partial charge in [-0.1, -0.05) is 0 Å². The van der Waals surface area contributed by atoms with E-state index in [-0.39, 0.29) is 11.9 Å². The standard InChI is InChI=1S/C12H12FNO2/c13-11-6-9(7-14)3-4-12(11)16-8-10-2-1-5-15-10/h3-4,6,10H,1-2,5,8H2. The molecule has 0 aliphatic carbocycles. The fraction of sp³-hybridized carbons (Fsp3) is 0.417. The predicted octanol–water partition coefficient (Wildman–Crippen LogP) is 2.26. The topological polar surface area (TPSA) is 42.2 Å². The third kappa shape index (κ3) is 2.50. The van der Waals surface area contributed by atoms with Gasteiger partial charge in [0.25, 0.3) is 0 Å². The van der Waals surface area contributed by atoms with Crippen molar-refractivity contribution in [3.05, 3.63) is 29.6 Å². The molecule has 16 heavy (non-hydrogen) atoms. The highest BCUT2D eigenvalue weighted by Gasteiger charge is 2.16. The SMILES string of the molecule is N#Cc1ccc(OCC2CCCO2)c(F)c1. The molecule has 84 valence electrons. The number of nitrogens with zero attached hydrogens (tertiary/aromatic N) is 1. The Morgan fingerprint density at radius 3 is 3.06 bits per heavy atom. The molecule has 1 fully saturated rings. The summed E-state index contributed by atoms with van der Waals surface area (Å²) < 4.78 is 24.1. The summed E-state index contributed by atoms with van der Waals surface area (Å²) in [7, 11) is 0. The lowest BCUT2D eigenvalue weighted by Gasteiger charge is -2.11. The molecule has 3 nitrogen and oxygen atoms in total. The molecule has 1 heterocycles. The van der Waals surface area contributed by atoms with Crippen LogP contribution in [0.3, 0.4) is 0 Å². The minimum absolute atomic E-state index is 0.0649. The van der Waals surface area contributed by atoms with Gasteiger partial charge in [-0.3, -0.25) is 0 Å². The van der Waals surface area contributed by atoms with E-state index < -0.39 is 5.82 Å². The zero-order valence-corrected chi connectivity index (χ0v) is 8.78. The van der Waals surface area contributed by atoms with Crippen LogP contribution in [0.2, 0.25) is 0 Å². The summed E-state index contributed by atoms with van der Waals surface area (Å²) in [6.07, 6.45) is 2.05. The molecule has 1 aliphatic rings. The number of hydrogen-bond donors (Lipinski definition) is 0. The van der Waals surface area contributed by atoms with E-state index in [9.17, 15) is 4.39 Å². The molecular formula is C12H12FNO2. The Kier molecular flexibility index (Phi) is 3.37. The van der Waals surface area contributed by atoms with E-state index in [0.29, 0.717) is 12.2 Å². The van der Waals surface area contributed by atoms with Crippen LogP contribution in [0.4, 0.5) is 4.39 Å². The van der Waals surface area contributed by atoms with Crippen LogP contribution in [0.15, 0.2) is 18.2 Å². The van der Waals surface area contributed by atoms with Crippen molar-refractivity contribution in [3.63, 3.8) is 0 Å². The quantitative estimate of drug-likeness (QED) is 0.786. The molecule has 0 bridgehead atoms. The van der Waals surface area contributed by atoms with Crippen molar-refractivity contribution in [1.29, 1.82) is 5.26 Å². The number of ether oxygens (including phenoxy) is 2. The molecule has 0 radical (unpaired) electrons. The summed E-state index contributed by atoms with van der Waals surface area (Å²) in [5.74, 6) is -0.327. The predicted molar refractivity (Wildman–Crippen MR) is 55.6 cm³/mol. The van der Waals surface area contributed by atoms with Gasteiger partial charge >= 0.3 is 0 Å². The molecule has 1 aromatic carbocycles. The van der Waals surface area contributed by atoms with Gasteiger partial charge in [-0.05, 0) is 31.0 Å². The molecule has 0 saturated carbocycles. The highest BCUT2D eigenvalue weighted by molar-refractivity contribution is 5.35. The van der Waals surface area contributed by atoms with Crippen molar-refractivity contribution >= 4 is 0 Å². The maximum Gasteiger partial charge on any atom is 0.166 e. The first-order chi connectivity index (χ1) is 7.79. The molecule has 1 unspecified atom stereocenters. The van der Waals surface area contributed by atoms with Gasteiger partial charge in [-0.15, -0.1) is 0 Å². The Morgan fingerprint density at radius 2 is 2.44 bits per heavy atom. The van der Waals surface area contributed by atoms with Crippen molar-refractivity contribution < 1.29 is 13.9 Å². The maximum absolute atomic E-state index is 13.4. The minimum Gasteiger partial charge on any atom is -0.488 e. The lowest BCUT2D eigenvalue weighted by Crippen LogP contribution is -2.16. The zero-order valence-electron chi connectivity index (χ0n) is 8.78. The highest BCUT2D eigenvalue weighted by atomic mass is 19.1. The van der Waals surface area contributed by atoms with Crippen LogP contribution < -0.4 is 4.74 Å². The average molecular weight is 221 g/mol. The van der Waals surface area contributed by atoms with Crippen molar-refractivity contribution in [1.82, 2.24) is 0 Å². The molecule has 1 aliphatic heterocycles. The van der Waals surface area contributed by atoms with Gasteiger partial charge in [0.05, 0.1) is 17.7 Å². The van der Waals surface area contributed by atoms with Crippen LogP contribution in [-0.2, 0) is 4.74 Å². The molecule has 0 spiro atoms. The molecule has 0 aromatic heterocycles. The molecule has 1 aromatic rings. The largest absolute Gasteiger partial charge is 0.488 e. The zero-order chi connectivity index (χ0) is 11.4. The molecule has 1 atom stereocenters. The molecular weight excluding hydrogens is 209 g/mol. The summed E-state index contributed by atoms with van der Waals surface area (Å²) in [5.41, 5.74) is 0.293. The van der Waals surface area contributed by atoms with Crippen LogP contribution in [0.5, 0.6) is 5.75 Å². The van der Waals surface area contributed by atoms with E-state index in [1.807, 2.05) is 6.07 Å². The Bertz CT molecular complexity index is 408. The first-order valence-electron chi connectivity index (χ1n) is 5.23. The van der Waals surface area contributed by atoms with Crippen LogP contribution in [0.25, 0.3) is 0 Å². The van der Waals surface area contributed by atoms with E-state index >= 15 is 0 Å². The molecule has 2 rings (SSSR count). The summed E-state index contributed by atoms with van der Waals surface area (Å²) in [4.78, 5) is 0. The second kappa shape index (κ2) is 4.95. The number of hydrogen-bond acceptors (Lipinski definition) is 3. The molecule has 1 saturated heterocycles. The van der Waals surface area contributed by atoms with Crippen molar-refractivity contribution in [2.75, 3.05) is 13.2 Å². The number of rotatable bonds is 3. The fourth-order valence-corrected chi connectivity index (χ4v) is 1.65. The fourth-order valence-electron chi connectivity index (χ4n) is 1.65. The first kappa shape index (κ1) is 10.9. The lowest BCUT2D eigenvalue weighted by molar-refractivity contribution is 0.0666. The first-order valence-corrected chi connectivity index (χ1v) is 5.23. The lowest BCUT2D eigenvalue weighted by atomic mass is 10.2. The second-order valence-electron chi connectivity index (χ2n) is 3.70. The monoisotopic (exact) mass is 221 g/mol. The van der Waals surface area contributed by atoms with Gasteiger partial charge in [0.2, 0.25) is 0 Å². The van der Waals surface area contributed by atoms with Crippen LogP contribution >= 0.6 is 0 Å². The Balaban J connectivity index is 1.96. The number of halogens is 1. The maximum atomic E-state index is 13.4. The summed E-state index contributed by atoms with van der Waals surface area (Å²) >= 11 is 0. The van der Waals surface area contributed by atoms with Gasteiger partial charge in [0.15, 0.2) is 11.6 Å². The second-order valence-corrected chi connectivity index (χ2v) is 3.70. The normalized spacial score (nSPS) is 19.4. The van der Waals surface area contributed by atoms with Gasteiger partial charge in [-0.2, -0.15) is 5.26 Å². The van der Waals surface area contributed by atoms with E-state index in [0.717, 1.165) is 19.4 Å². The smallest absolute Gasteiger partial charge is 0.166 e. The van der Waals surface area contributed by atoms with Crippen LogP contribution in [0, 0.1) is 17.1 Å². The molecule has 0 amide bonds.